The van der Waals surface area contributed by atoms with Gasteiger partial charge in [0.15, 0.2) is 11.3 Å². The third-order valence-electron chi connectivity index (χ3n) is 15.5. The van der Waals surface area contributed by atoms with Crippen molar-refractivity contribution in [2.45, 2.75) is 150 Å². The molecule has 396 valence electrons. The van der Waals surface area contributed by atoms with E-state index in [-0.39, 0.29) is 17.9 Å². The molecule has 2 aromatic carbocycles. The molecule has 2 amide bonds. The van der Waals surface area contributed by atoms with E-state index in [0.29, 0.717) is 29.1 Å². The lowest BCUT2D eigenvalue weighted by Crippen LogP contribution is -2.34. The van der Waals surface area contributed by atoms with Crippen LogP contribution in [0.1, 0.15) is 169 Å². The Balaban J connectivity index is 1.00. The number of carbonyl (C=O) groups is 2. The van der Waals surface area contributed by atoms with Crippen LogP contribution in [0.15, 0.2) is 72.1 Å². The molecule has 0 N–H and O–H groups in total. The summed E-state index contributed by atoms with van der Waals surface area (Å²) in [4.78, 5) is 58.1. The van der Waals surface area contributed by atoms with Crippen molar-refractivity contribution in [2.24, 2.45) is 0 Å². The first kappa shape index (κ1) is 53.8. The molecule has 13 nitrogen and oxygen atoms in total. The zero-order valence-corrected chi connectivity index (χ0v) is 46.1. The highest BCUT2D eigenvalue weighted by molar-refractivity contribution is 7.17. The lowest BCUT2D eigenvalue weighted by molar-refractivity contribution is 0.0738. The van der Waals surface area contributed by atoms with E-state index in [0.717, 1.165) is 182 Å². The Labute approximate surface area is 449 Å². The molecular weight excluding hydrogens is 951 g/mol. The van der Waals surface area contributed by atoms with Crippen molar-refractivity contribution < 1.29 is 9.59 Å². The minimum absolute atomic E-state index is 0.0120. The van der Waals surface area contributed by atoms with Crippen molar-refractivity contribution in [3.05, 3.63) is 94.6 Å². The molecule has 0 saturated carbocycles. The fourth-order valence-electron chi connectivity index (χ4n) is 11.3. The number of pyridine rings is 2. The first-order chi connectivity index (χ1) is 36.8. The predicted octanol–water partition coefficient (Wildman–Crippen LogP) is 13.2. The van der Waals surface area contributed by atoms with Gasteiger partial charge in [-0.25, -0.2) is 19.9 Å². The van der Waals surface area contributed by atoms with Gasteiger partial charge in [0, 0.05) is 78.4 Å². The minimum atomic E-state index is -0.0312. The number of fused-ring (bicyclic) bond motifs is 3. The summed E-state index contributed by atoms with van der Waals surface area (Å²) in [5.74, 6) is 1.67. The van der Waals surface area contributed by atoms with Gasteiger partial charge in [-0.15, -0.1) is 11.3 Å². The summed E-state index contributed by atoms with van der Waals surface area (Å²) >= 11 is 1.77. The summed E-state index contributed by atoms with van der Waals surface area (Å²) in [6, 6.07) is 24.9. The zero-order chi connectivity index (χ0) is 52.1. The van der Waals surface area contributed by atoms with Gasteiger partial charge in [0.1, 0.15) is 34.1 Å². The normalized spacial score (nSPS) is 15.5. The zero-order valence-electron chi connectivity index (χ0n) is 45.2. The molecule has 1 unspecified atom stereocenters. The topological polar surface area (TPSA) is 132 Å². The van der Waals surface area contributed by atoms with Gasteiger partial charge in [0.05, 0.1) is 11.6 Å². The third kappa shape index (κ3) is 12.6. The Bertz CT molecular complexity index is 3050. The van der Waals surface area contributed by atoms with Gasteiger partial charge in [-0.3, -0.25) is 14.5 Å². The van der Waals surface area contributed by atoms with Gasteiger partial charge in [0.2, 0.25) is 0 Å². The number of imidazole rings is 2. The number of hydrogen-bond acceptors (Lipinski definition) is 10. The molecule has 2 saturated heterocycles. The van der Waals surface area contributed by atoms with E-state index in [1.165, 1.54) is 41.3 Å². The van der Waals surface area contributed by atoms with E-state index >= 15 is 0 Å². The number of aryl methyl sites for hydroxylation is 2. The molecule has 9 rings (SSSR count). The average molecular weight is 1030 g/mol. The Morgan fingerprint density at radius 3 is 1.83 bits per heavy atom. The number of aromatic nitrogens is 6. The number of nitrogens with zero attached hydrogens (tertiary/aromatic N) is 11. The van der Waals surface area contributed by atoms with Crippen LogP contribution in [0.3, 0.4) is 0 Å². The molecule has 0 aliphatic carbocycles. The van der Waals surface area contributed by atoms with E-state index in [4.69, 9.17) is 19.9 Å². The van der Waals surface area contributed by atoms with Crippen LogP contribution in [-0.4, -0.2) is 119 Å². The Morgan fingerprint density at radius 2 is 1.21 bits per heavy atom. The molecule has 7 aromatic rings. The van der Waals surface area contributed by atoms with Gasteiger partial charge in [-0.2, -0.15) is 5.26 Å². The predicted molar refractivity (Wildman–Crippen MR) is 305 cm³/mol. The SMILES string of the molecule is CCCCN(CCCC)C(=O)c1ccc2nc(-c3cccc(C#N)c3)n(CCCN3CCCCC3c3ccc4scc(-c5nc6ccc(C(=O)N(CCCC)CCCC)nc6n5CCCN5CCCCC5)c4c3)c2n1. The summed E-state index contributed by atoms with van der Waals surface area (Å²) in [6.45, 7) is 18.3. The van der Waals surface area contributed by atoms with Crippen LogP contribution in [0, 0.1) is 11.3 Å². The highest BCUT2D eigenvalue weighted by atomic mass is 32.1. The van der Waals surface area contributed by atoms with Crippen molar-refractivity contribution in [1.29, 1.82) is 5.26 Å². The molecule has 2 aliphatic heterocycles. The summed E-state index contributed by atoms with van der Waals surface area (Å²) in [7, 11) is 0. The van der Waals surface area contributed by atoms with Crippen LogP contribution in [0.2, 0.25) is 0 Å². The number of amides is 2. The van der Waals surface area contributed by atoms with Gasteiger partial charge in [-0.1, -0.05) is 84.4 Å². The van der Waals surface area contributed by atoms with Gasteiger partial charge in [-0.05, 0) is 144 Å². The van der Waals surface area contributed by atoms with Crippen molar-refractivity contribution in [1.82, 2.24) is 48.7 Å². The lowest BCUT2D eigenvalue weighted by atomic mass is 9.94. The maximum atomic E-state index is 14.1. The van der Waals surface area contributed by atoms with Crippen LogP contribution < -0.4 is 0 Å². The van der Waals surface area contributed by atoms with E-state index in [2.05, 4.69) is 76.3 Å². The molecule has 5 aromatic heterocycles. The minimum Gasteiger partial charge on any atom is -0.337 e. The molecule has 0 spiro atoms. The fraction of sp³-hybridized carbons (Fsp3) is 0.525. The number of hydrogen-bond donors (Lipinski definition) is 0. The van der Waals surface area contributed by atoms with Crippen molar-refractivity contribution >= 4 is 55.6 Å². The van der Waals surface area contributed by atoms with E-state index < -0.39 is 0 Å². The van der Waals surface area contributed by atoms with Crippen molar-refractivity contribution in [3.8, 4) is 28.8 Å². The molecule has 14 heteroatoms. The highest BCUT2D eigenvalue weighted by Crippen LogP contribution is 2.40. The number of piperidine rings is 2. The second kappa shape index (κ2) is 26.2. The van der Waals surface area contributed by atoms with Crippen LogP contribution in [0.4, 0.5) is 0 Å². The first-order valence-electron chi connectivity index (χ1n) is 28.6. The molecule has 0 bridgehead atoms. The molecule has 2 fully saturated rings. The van der Waals surface area contributed by atoms with Gasteiger partial charge >= 0.3 is 0 Å². The molecule has 75 heavy (non-hydrogen) atoms. The third-order valence-corrected chi connectivity index (χ3v) is 16.5. The maximum Gasteiger partial charge on any atom is 0.272 e. The van der Waals surface area contributed by atoms with Crippen LogP contribution in [0.5, 0.6) is 0 Å². The number of thiophene rings is 1. The smallest absolute Gasteiger partial charge is 0.272 e. The molecule has 1 atom stereocenters. The highest BCUT2D eigenvalue weighted by Gasteiger charge is 2.27. The van der Waals surface area contributed by atoms with Crippen molar-refractivity contribution in [2.75, 3.05) is 58.9 Å². The van der Waals surface area contributed by atoms with Crippen molar-refractivity contribution in [3.63, 3.8) is 0 Å². The van der Waals surface area contributed by atoms with E-state index in [1.807, 2.05) is 58.3 Å². The summed E-state index contributed by atoms with van der Waals surface area (Å²) in [6.07, 6.45) is 17.1. The lowest BCUT2D eigenvalue weighted by Gasteiger charge is -2.36. The van der Waals surface area contributed by atoms with E-state index in [9.17, 15) is 14.9 Å². The van der Waals surface area contributed by atoms with Gasteiger partial charge < -0.3 is 23.8 Å². The number of benzene rings is 2. The van der Waals surface area contributed by atoms with Crippen LogP contribution >= 0.6 is 11.3 Å². The number of carbonyl (C=O) groups excluding carboxylic acids is 2. The second-order valence-corrected chi connectivity index (χ2v) is 21.9. The second-order valence-electron chi connectivity index (χ2n) is 21.0. The molecule has 2 aliphatic rings. The molecular formula is C61H79N11O2S. The number of nitriles is 1. The summed E-state index contributed by atoms with van der Waals surface area (Å²) in [5.41, 5.74) is 7.89. The summed E-state index contributed by atoms with van der Waals surface area (Å²) < 4.78 is 5.72. The van der Waals surface area contributed by atoms with Crippen LogP contribution in [-0.2, 0) is 13.1 Å². The number of unbranched alkanes of at least 4 members (excludes halogenated alkanes) is 4. The van der Waals surface area contributed by atoms with Gasteiger partial charge in [0.25, 0.3) is 11.8 Å². The fourth-order valence-corrected chi connectivity index (χ4v) is 12.2. The van der Waals surface area contributed by atoms with E-state index in [1.54, 1.807) is 11.3 Å². The molecule has 0 radical (unpaired) electrons. The Morgan fingerprint density at radius 1 is 0.627 bits per heavy atom. The Hall–Kier alpha value is -6.01. The largest absolute Gasteiger partial charge is 0.337 e. The first-order valence-corrected chi connectivity index (χ1v) is 29.5. The number of rotatable bonds is 25. The Kier molecular flexibility index (Phi) is 18.8. The monoisotopic (exact) mass is 1030 g/mol. The maximum absolute atomic E-state index is 14.1. The van der Waals surface area contributed by atoms with Crippen LogP contribution in [0.25, 0.3) is 55.2 Å². The standard InChI is InChI=1S/C61H79N11O2S/c1-5-9-33-69(34-10-6-2)60(73)52-27-25-50-58(65-52)71(56(63-50)47-22-18-21-45(41-47)43-62)40-20-38-68-37-17-14-23-54(68)46-24-29-55-48(42-46)49(44-75-55)57-64-51-26-28-53(61(74)70(35-11-7-3)36-12-8-4)66-59(51)72(57)39-19-32-67-30-15-13-16-31-67/h18,21-22,24-29,41-42,44,54H,5-17,19-20,23,30-40H2,1-4H3. The molecule has 7 heterocycles. The quantitative estimate of drug-likeness (QED) is 0.0549. The summed E-state index contributed by atoms with van der Waals surface area (Å²) in [5, 5.41) is 13.3. The number of likely N-dealkylation sites (tertiary alicyclic amines) is 2. The average Bonchev–Trinajstić information content (AvgIpc) is 4.16.